The van der Waals surface area contributed by atoms with Crippen molar-refractivity contribution in [2.45, 2.75) is 13.3 Å². The Bertz CT molecular complexity index is 693. The molecule has 3 atom stereocenters. The van der Waals surface area contributed by atoms with E-state index in [1.807, 2.05) is 31.2 Å². The van der Waals surface area contributed by atoms with Crippen LogP contribution < -0.4 is 4.90 Å². The van der Waals surface area contributed by atoms with Gasteiger partial charge >= 0.3 is 5.97 Å². The number of carbonyl (C=O) groups is 3. The average Bonchev–Trinajstić information content (AvgIpc) is 3.11. The third kappa shape index (κ3) is 2.92. The summed E-state index contributed by atoms with van der Waals surface area (Å²) in [5.41, 5.74) is 0.760. The summed E-state index contributed by atoms with van der Waals surface area (Å²) in [4.78, 5) is 39.8. The first-order valence-electron chi connectivity index (χ1n) is 7.97. The number of carboxylic acid groups (broad SMARTS) is 1. The van der Waals surface area contributed by atoms with Crippen molar-refractivity contribution in [3.8, 4) is 0 Å². The first kappa shape index (κ1) is 17.0. The number of para-hydroxylation sites is 1. The zero-order chi connectivity index (χ0) is 17.4. The fourth-order valence-corrected chi connectivity index (χ4v) is 4.01. The van der Waals surface area contributed by atoms with Crippen LogP contribution >= 0.6 is 15.9 Å². The highest BCUT2D eigenvalue weighted by Gasteiger charge is 2.44. The number of carboxylic acids is 1. The molecule has 2 aliphatic heterocycles. The molecule has 6 nitrogen and oxygen atoms in total. The number of halogens is 1. The summed E-state index contributed by atoms with van der Waals surface area (Å²) in [6.45, 7) is 2.91. The van der Waals surface area contributed by atoms with Crippen LogP contribution in [0.25, 0.3) is 0 Å². The van der Waals surface area contributed by atoms with Gasteiger partial charge in [0, 0.05) is 24.1 Å². The molecule has 0 bridgehead atoms. The Hall–Kier alpha value is -1.89. The first-order valence-corrected chi connectivity index (χ1v) is 8.77. The highest BCUT2D eigenvalue weighted by Crippen LogP contribution is 2.33. The van der Waals surface area contributed by atoms with Gasteiger partial charge < -0.3 is 14.9 Å². The van der Waals surface area contributed by atoms with Crippen LogP contribution in [0, 0.1) is 17.8 Å². The largest absolute Gasteiger partial charge is 0.481 e. The molecule has 0 saturated carbocycles. The molecule has 0 radical (unpaired) electrons. The van der Waals surface area contributed by atoms with E-state index in [0.29, 0.717) is 19.5 Å². The highest BCUT2D eigenvalue weighted by molar-refractivity contribution is 9.10. The quantitative estimate of drug-likeness (QED) is 0.795. The predicted molar refractivity (Wildman–Crippen MR) is 91.5 cm³/mol. The lowest BCUT2D eigenvalue weighted by atomic mass is 9.99. The summed E-state index contributed by atoms with van der Waals surface area (Å²) in [5.74, 6) is -2.70. The number of amides is 2. The monoisotopic (exact) mass is 394 g/mol. The van der Waals surface area contributed by atoms with Gasteiger partial charge in [-0.25, -0.2) is 0 Å². The van der Waals surface area contributed by atoms with Crippen molar-refractivity contribution in [2.75, 3.05) is 24.5 Å². The van der Waals surface area contributed by atoms with Crippen LogP contribution in [0.3, 0.4) is 0 Å². The maximum atomic E-state index is 12.7. The van der Waals surface area contributed by atoms with E-state index < -0.39 is 17.8 Å². The zero-order valence-electron chi connectivity index (χ0n) is 13.3. The lowest BCUT2D eigenvalue weighted by Crippen LogP contribution is -2.39. The average molecular weight is 395 g/mol. The topological polar surface area (TPSA) is 77.9 Å². The van der Waals surface area contributed by atoms with Gasteiger partial charge in [-0.2, -0.15) is 0 Å². The summed E-state index contributed by atoms with van der Waals surface area (Å²) in [7, 11) is 0. The number of carbonyl (C=O) groups excluding carboxylic acids is 2. The molecule has 2 amide bonds. The normalized spacial score (nSPS) is 26.9. The van der Waals surface area contributed by atoms with E-state index in [9.17, 15) is 19.5 Å². The minimum Gasteiger partial charge on any atom is -0.481 e. The fourth-order valence-electron chi connectivity index (χ4n) is 3.51. The summed E-state index contributed by atoms with van der Waals surface area (Å²) in [6, 6.07) is 7.42. The number of nitrogens with zero attached hydrogens (tertiary/aromatic N) is 2. The van der Waals surface area contributed by atoms with E-state index in [-0.39, 0.29) is 24.3 Å². The Balaban J connectivity index is 1.73. The number of benzene rings is 1. The summed E-state index contributed by atoms with van der Waals surface area (Å²) < 4.78 is 0.812. The van der Waals surface area contributed by atoms with Crippen LogP contribution in [0.2, 0.25) is 0 Å². The van der Waals surface area contributed by atoms with Crippen LogP contribution in [-0.2, 0) is 14.4 Å². The minimum atomic E-state index is -0.884. The molecule has 24 heavy (non-hydrogen) atoms. The van der Waals surface area contributed by atoms with Crippen molar-refractivity contribution in [3.63, 3.8) is 0 Å². The number of aliphatic carboxylic acids is 1. The number of hydrogen-bond donors (Lipinski definition) is 1. The zero-order valence-corrected chi connectivity index (χ0v) is 14.9. The van der Waals surface area contributed by atoms with E-state index in [1.54, 1.807) is 4.90 Å². The lowest BCUT2D eigenvalue weighted by Gasteiger charge is -2.21. The van der Waals surface area contributed by atoms with Gasteiger partial charge in [0.25, 0.3) is 0 Å². The van der Waals surface area contributed by atoms with Gasteiger partial charge in [0.2, 0.25) is 11.8 Å². The molecule has 2 fully saturated rings. The van der Waals surface area contributed by atoms with Crippen molar-refractivity contribution >= 4 is 39.4 Å². The van der Waals surface area contributed by atoms with Crippen molar-refractivity contribution in [2.24, 2.45) is 17.8 Å². The molecular weight excluding hydrogens is 376 g/mol. The molecule has 1 aromatic rings. The van der Waals surface area contributed by atoms with Gasteiger partial charge in [0.05, 0.1) is 11.6 Å². The van der Waals surface area contributed by atoms with Crippen molar-refractivity contribution in [3.05, 3.63) is 28.7 Å². The highest BCUT2D eigenvalue weighted by atomic mass is 79.9. The van der Waals surface area contributed by atoms with Gasteiger partial charge in [0.15, 0.2) is 0 Å². The van der Waals surface area contributed by atoms with Gasteiger partial charge in [0.1, 0.15) is 5.92 Å². The van der Waals surface area contributed by atoms with Crippen LogP contribution in [0.5, 0.6) is 0 Å². The van der Waals surface area contributed by atoms with Crippen LogP contribution in [0.15, 0.2) is 28.7 Å². The Labute approximate surface area is 148 Å². The van der Waals surface area contributed by atoms with Crippen LogP contribution in [0.1, 0.15) is 13.3 Å². The van der Waals surface area contributed by atoms with E-state index in [1.165, 1.54) is 4.90 Å². The van der Waals surface area contributed by atoms with Gasteiger partial charge in [-0.3, -0.25) is 14.4 Å². The molecule has 7 heteroatoms. The maximum Gasteiger partial charge on any atom is 0.308 e. The second kappa shape index (κ2) is 6.55. The number of rotatable bonds is 3. The first-order chi connectivity index (χ1) is 11.4. The Morgan fingerprint density at radius 3 is 2.58 bits per heavy atom. The summed E-state index contributed by atoms with van der Waals surface area (Å²) in [6.07, 6.45) is 0.460. The predicted octanol–water partition coefficient (Wildman–Crippen LogP) is 1.98. The molecule has 0 aliphatic carbocycles. The lowest BCUT2D eigenvalue weighted by molar-refractivity contribution is -0.142. The van der Waals surface area contributed by atoms with E-state index in [4.69, 9.17) is 0 Å². The third-order valence-corrected chi connectivity index (χ3v) is 5.56. The maximum absolute atomic E-state index is 12.7. The molecule has 3 rings (SSSR count). The molecule has 0 spiro atoms. The van der Waals surface area contributed by atoms with Crippen LogP contribution in [0.4, 0.5) is 5.69 Å². The number of likely N-dealkylation sites (tertiary alicyclic amines) is 1. The van der Waals surface area contributed by atoms with Gasteiger partial charge in [-0.1, -0.05) is 19.1 Å². The molecule has 2 heterocycles. The standard InChI is InChI=1S/C17H19BrN2O4/c1-10-8-19(9-12(10)17(23)24)15(21)11-6-7-20(16(11)22)14-5-3-2-4-13(14)18/h2-5,10-12H,6-9H2,1H3,(H,23,24)/t10-,11?,12-/m1/s1. The van der Waals surface area contributed by atoms with Crippen molar-refractivity contribution in [1.82, 2.24) is 4.90 Å². The second-order valence-corrected chi connectivity index (χ2v) is 7.30. The number of hydrogen-bond acceptors (Lipinski definition) is 3. The Morgan fingerprint density at radius 2 is 1.96 bits per heavy atom. The molecule has 1 N–H and O–H groups in total. The fraction of sp³-hybridized carbons (Fsp3) is 0.471. The molecule has 1 aromatic carbocycles. The molecular formula is C17H19BrN2O4. The molecule has 2 saturated heterocycles. The van der Waals surface area contributed by atoms with Gasteiger partial charge in [-0.05, 0) is 40.4 Å². The summed E-state index contributed by atoms with van der Waals surface area (Å²) >= 11 is 3.43. The van der Waals surface area contributed by atoms with E-state index in [2.05, 4.69) is 15.9 Å². The molecule has 128 valence electrons. The SMILES string of the molecule is C[C@@H]1CN(C(=O)C2CCN(c3ccccc3Br)C2=O)C[C@H]1C(=O)O. The molecule has 1 unspecified atom stereocenters. The number of anilines is 1. The second-order valence-electron chi connectivity index (χ2n) is 6.45. The molecule has 0 aromatic heterocycles. The van der Waals surface area contributed by atoms with Crippen LogP contribution in [-0.4, -0.2) is 47.4 Å². The van der Waals surface area contributed by atoms with E-state index >= 15 is 0 Å². The minimum absolute atomic E-state index is 0.0951. The van der Waals surface area contributed by atoms with Crippen molar-refractivity contribution in [1.29, 1.82) is 0 Å². The molecule has 2 aliphatic rings. The third-order valence-electron chi connectivity index (χ3n) is 4.89. The Morgan fingerprint density at radius 1 is 1.25 bits per heavy atom. The Kier molecular flexibility index (Phi) is 4.62. The van der Waals surface area contributed by atoms with Crippen molar-refractivity contribution < 1.29 is 19.5 Å². The van der Waals surface area contributed by atoms with Gasteiger partial charge in [-0.15, -0.1) is 0 Å². The van der Waals surface area contributed by atoms with E-state index in [0.717, 1.165) is 10.2 Å². The smallest absolute Gasteiger partial charge is 0.308 e. The summed E-state index contributed by atoms with van der Waals surface area (Å²) in [5, 5.41) is 9.20.